The number of nitrogens with zero attached hydrogens (tertiary/aromatic N) is 4. The van der Waals surface area contributed by atoms with Crippen molar-refractivity contribution >= 4 is 38.8 Å². The lowest BCUT2D eigenvalue weighted by Gasteiger charge is -2.33. The van der Waals surface area contributed by atoms with Gasteiger partial charge >= 0.3 is 0 Å². The van der Waals surface area contributed by atoms with Crippen LogP contribution < -0.4 is 5.32 Å². The Balaban J connectivity index is 1.73. The Kier molecular flexibility index (Phi) is 5.40. The Morgan fingerprint density at radius 3 is 2.66 bits per heavy atom. The van der Waals surface area contributed by atoms with E-state index in [9.17, 15) is 4.79 Å². The molecule has 0 saturated carbocycles. The molecule has 4 rings (SSSR count). The van der Waals surface area contributed by atoms with Gasteiger partial charge in [0.25, 0.3) is 5.91 Å². The maximum atomic E-state index is 12.6. The molecular weight excluding hydrogens is 434 g/mol. The number of imidazole rings is 1. The van der Waals surface area contributed by atoms with Gasteiger partial charge in [0.2, 0.25) is 0 Å². The summed E-state index contributed by atoms with van der Waals surface area (Å²) >= 11 is 3.67. The molecule has 7 nitrogen and oxygen atoms in total. The maximum Gasteiger partial charge on any atom is 0.256 e. The Morgan fingerprint density at radius 1 is 1.24 bits per heavy atom. The van der Waals surface area contributed by atoms with Gasteiger partial charge in [-0.2, -0.15) is 0 Å². The van der Waals surface area contributed by atoms with Gasteiger partial charge in [0.15, 0.2) is 22.7 Å². The molecule has 1 N–H and O–H groups in total. The molecule has 4 unspecified atom stereocenters. The molecule has 1 aromatic carbocycles. The molecule has 1 saturated heterocycles. The average molecular weight is 458 g/mol. The van der Waals surface area contributed by atoms with Gasteiger partial charge in [0.05, 0.1) is 17.8 Å². The topological polar surface area (TPSA) is 81.9 Å². The van der Waals surface area contributed by atoms with Crippen molar-refractivity contribution in [3.63, 3.8) is 0 Å². The Labute approximate surface area is 178 Å². The second kappa shape index (κ2) is 7.84. The van der Waals surface area contributed by atoms with E-state index in [2.05, 4.69) is 57.0 Å². The zero-order valence-electron chi connectivity index (χ0n) is 16.7. The lowest BCUT2D eigenvalue weighted by Crippen LogP contribution is -2.40. The van der Waals surface area contributed by atoms with E-state index >= 15 is 0 Å². The third-order valence-corrected chi connectivity index (χ3v) is 6.85. The molecule has 1 fully saturated rings. The molecule has 0 spiro atoms. The summed E-state index contributed by atoms with van der Waals surface area (Å²) in [6.07, 6.45) is 4.29. The van der Waals surface area contributed by atoms with E-state index in [1.807, 2.05) is 22.8 Å². The molecule has 0 aliphatic carbocycles. The van der Waals surface area contributed by atoms with E-state index in [1.54, 1.807) is 18.5 Å². The van der Waals surface area contributed by atoms with Gasteiger partial charge in [-0.25, -0.2) is 15.0 Å². The number of amides is 1. The van der Waals surface area contributed by atoms with E-state index in [-0.39, 0.29) is 17.9 Å². The molecule has 0 radical (unpaired) electrons. The highest BCUT2D eigenvalue weighted by Gasteiger charge is 2.51. The van der Waals surface area contributed by atoms with Gasteiger partial charge in [-0.15, -0.1) is 0 Å². The minimum atomic E-state index is -0.593. The monoisotopic (exact) mass is 457 g/mol. The Bertz CT molecular complexity index is 1020. The van der Waals surface area contributed by atoms with Crippen molar-refractivity contribution in [2.24, 2.45) is 11.8 Å². The summed E-state index contributed by atoms with van der Waals surface area (Å²) in [5.74, 6) is 0.800. The molecule has 8 heteroatoms. The van der Waals surface area contributed by atoms with Crippen molar-refractivity contribution < 1.29 is 9.53 Å². The quantitative estimate of drug-likeness (QED) is 0.580. The predicted octanol–water partition coefficient (Wildman–Crippen LogP) is 4.21. The number of ether oxygens (including phenoxy) is 1. The molecule has 0 bridgehead atoms. The standard InChI is InChI=1S/C21H24BrN5O2/c1-4-16-13(2)14(3)21(10-22,29-16)27-12-25-17-18(23-11-24-19(17)27)26-20(28)15-8-6-5-7-9-15/h5-9,11-14,16H,4,10H2,1-3H3,(H,23,24,26,28). The smallest absolute Gasteiger partial charge is 0.256 e. The molecule has 3 aromatic rings. The molecule has 1 amide bonds. The van der Waals surface area contributed by atoms with Crippen LogP contribution in [-0.4, -0.2) is 36.9 Å². The van der Waals surface area contributed by atoms with Gasteiger partial charge in [-0.1, -0.05) is 54.9 Å². The average Bonchev–Trinajstić information content (AvgIpc) is 3.30. The molecule has 2 aromatic heterocycles. The van der Waals surface area contributed by atoms with Crippen LogP contribution in [0.3, 0.4) is 0 Å². The first-order valence-electron chi connectivity index (χ1n) is 9.80. The Hall–Kier alpha value is -2.32. The summed E-state index contributed by atoms with van der Waals surface area (Å²) < 4.78 is 8.52. The first kappa shape index (κ1) is 20.0. The van der Waals surface area contributed by atoms with E-state index in [0.717, 1.165) is 6.42 Å². The summed E-state index contributed by atoms with van der Waals surface area (Å²) in [5.41, 5.74) is 1.14. The van der Waals surface area contributed by atoms with Crippen molar-refractivity contribution in [2.75, 3.05) is 10.6 Å². The lowest BCUT2D eigenvalue weighted by atomic mass is 9.86. The van der Waals surface area contributed by atoms with Gasteiger partial charge in [0.1, 0.15) is 6.33 Å². The third kappa shape index (κ3) is 3.24. The van der Waals surface area contributed by atoms with Crippen LogP contribution in [0.25, 0.3) is 11.2 Å². The van der Waals surface area contributed by atoms with Gasteiger partial charge in [-0.05, 0) is 24.5 Å². The van der Waals surface area contributed by atoms with Crippen molar-refractivity contribution in [1.29, 1.82) is 0 Å². The van der Waals surface area contributed by atoms with Crippen LogP contribution in [0.5, 0.6) is 0 Å². The van der Waals surface area contributed by atoms with Gasteiger partial charge in [0, 0.05) is 11.5 Å². The van der Waals surface area contributed by atoms with E-state index in [1.165, 1.54) is 6.33 Å². The summed E-state index contributed by atoms with van der Waals surface area (Å²) in [6, 6.07) is 9.03. The number of hydrogen-bond acceptors (Lipinski definition) is 5. The van der Waals surface area contributed by atoms with E-state index in [4.69, 9.17) is 4.74 Å². The zero-order chi connectivity index (χ0) is 20.6. The number of alkyl halides is 1. The second-order valence-corrected chi connectivity index (χ2v) is 8.08. The number of rotatable bonds is 5. The summed E-state index contributed by atoms with van der Waals surface area (Å²) in [7, 11) is 0. The number of anilines is 1. The lowest BCUT2D eigenvalue weighted by molar-refractivity contribution is -0.0955. The highest BCUT2D eigenvalue weighted by Crippen LogP contribution is 2.47. The van der Waals surface area contributed by atoms with Crippen molar-refractivity contribution in [3.8, 4) is 0 Å². The number of carbonyl (C=O) groups excluding carboxylic acids is 1. The van der Waals surface area contributed by atoms with Gasteiger partial charge < -0.3 is 10.1 Å². The van der Waals surface area contributed by atoms with Crippen LogP contribution in [0.4, 0.5) is 5.82 Å². The SMILES string of the molecule is CCC1OC(CBr)(n2cnc3c(NC(=O)c4ccccc4)ncnc32)C(C)C1C. The molecule has 29 heavy (non-hydrogen) atoms. The molecule has 3 heterocycles. The highest BCUT2D eigenvalue weighted by molar-refractivity contribution is 9.09. The first-order chi connectivity index (χ1) is 14.0. The molecular formula is C21H24BrN5O2. The van der Waals surface area contributed by atoms with Crippen LogP contribution in [0.15, 0.2) is 43.0 Å². The number of halogens is 1. The zero-order valence-corrected chi connectivity index (χ0v) is 18.3. The minimum absolute atomic E-state index is 0.166. The summed E-state index contributed by atoms with van der Waals surface area (Å²) in [5, 5.41) is 3.47. The van der Waals surface area contributed by atoms with Gasteiger partial charge in [-0.3, -0.25) is 9.36 Å². The van der Waals surface area contributed by atoms with Crippen LogP contribution in [0, 0.1) is 11.8 Å². The third-order valence-electron chi connectivity index (χ3n) is 6.05. The van der Waals surface area contributed by atoms with Crippen molar-refractivity contribution in [3.05, 3.63) is 48.5 Å². The van der Waals surface area contributed by atoms with E-state index in [0.29, 0.717) is 33.8 Å². The number of fused-ring (bicyclic) bond motifs is 1. The summed E-state index contributed by atoms with van der Waals surface area (Å²) in [4.78, 5) is 25.8. The minimum Gasteiger partial charge on any atom is -0.350 e. The normalized spacial score (nSPS) is 26.7. The van der Waals surface area contributed by atoms with Crippen molar-refractivity contribution in [1.82, 2.24) is 19.5 Å². The molecule has 1 aliphatic rings. The van der Waals surface area contributed by atoms with Crippen LogP contribution in [0.1, 0.15) is 37.6 Å². The highest BCUT2D eigenvalue weighted by atomic mass is 79.9. The number of carbonyl (C=O) groups is 1. The number of hydrogen-bond donors (Lipinski definition) is 1. The fraction of sp³-hybridized carbons (Fsp3) is 0.429. The largest absolute Gasteiger partial charge is 0.350 e. The maximum absolute atomic E-state index is 12.6. The number of benzene rings is 1. The molecule has 4 atom stereocenters. The second-order valence-electron chi connectivity index (χ2n) is 7.52. The molecule has 152 valence electrons. The van der Waals surface area contributed by atoms with Crippen LogP contribution in [0.2, 0.25) is 0 Å². The fourth-order valence-electron chi connectivity index (χ4n) is 4.13. The van der Waals surface area contributed by atoms with E-state index < -0.39 is 5.72 Å². The van der Waals surface area contributed by atoms with Crippen LogP contribution >= 0.6 is 15.9 Å². The predicted molar refractivity (Wildman–Crippen MR) is 115 cm³/mol. The number of nitrogens with one attached hydrogen (secondary N) is 1. The van der Waals surface area contributed by atoms with Crippen LogP contribution in [-0.2, 0) is 10.5 Å². The fourth-order valence-corrected chi connectivity index (χ4v) is 5.04. The van der Waals surface area contributed by atoms with Crippen molar-refractivity contribution in [2.45, 2.75) is 39.0 Å². The summed E-state index contributed by atoms with van der Waals surface area (Å²) in [6.45, 7) is 6.57. The molecule has 1 aliphatic heterocycles. The Morgan fingerprint density at radius 2 is 2.00 bits per heavy atom. The first-order valence-corrected chi connectivity index (χ1v) is 10.9. The number of aromatic nitrogens is 4.